The molecule has 0 aliphatic rings. The van der Waals surface area contributed by atoms with Gasteiger partial charge in [-0.3, -0.25) is 9.59 Å². The first-order chi connectivity index (χ1) is 34.1. The number of carbonyl (C=O) groups excluding carboxylic acids is 3. The Morgan fingerprint density at radius 2 is 0.814 bits per heavy atom. The van der Waals surface area contributed by atoms with E-state index in [1.807, 2.05) is 33.3 Å². The Bertz CT molecular complexity index is 1380. The topological polar surface area (TPSA) is 111 Å². The van der Waals surface area contributed by atoms with Gasteiger partial charge in [-0.1, -0.05) is 247 Å². The Morgan fingerprint density at radius 3 is 1.19 bits per heavy atom. The Labute approximate surface area is 430 Å². The van der Waals surface area contributed by atoms with Crippen LogP contribution in [0, 0.1) is 0 Å². The van der Waals surface area contributed by atoms with E-state index < -0.39 is 24.3 Å². The molecule has 0 spiro atoms. The minimum Gasteiger partial charge on any atom is -0.545 e. The average molecular weight is 983 g/mol. The van der Waals surface area contributed by atoms with Crippen LogP contribution in [0.15, 0.2) is 72.9 Å². The van der Waals surface area contributed by atoms with Gasteiger partial charge in [0.1, 0.15) is 13.2 Å². The number of carboxylic acid groups (broad SMARTS) is 1. The molecule has 0 radical (unpaired) electrons. The van der Waals surface area contributed by atoms with Gasteiger partial charge in [0.25, 0.3) is 0 Å². The lowest BCUT2D eigenvalue weighted by Gasteiger charge is -2.26. The molecule has 0 N–H and O–H groups in total. The third-order valence-electron chi connectivity index (χ3n) is 12.2. The number of quaternary nitrogens is 1. The van der Waals surface area contributed by atoms with Gasteiger partial charge in [0.2, 0.25) is 0 Å². The number of unbranched alkanes of at least 4 members (excludes halogenated alkanes) is 25. The zero-order valence-corrected chi connectivity index (χ0v) is 45.9. The van der Waals surface area contributed by atoms with E-state index in [-0.39, 0.29) is 38.6 Å². The number of hydrogen-bond donors (Lipinski definition) is 0. The van der Waals surface area contributed by atoms with Crippen molar-refractivity contribution in [3.63, 3.8) is 0 Å². The molecule has 0 heterocycles. The van der Waals surface area contributed by atoms with Gasteiger partial charge in [0.05, 0.1) is 40.3 Å². The molecule has 70 heavy (non-hydrogen) atoms. The van der Waals surface area contributed by atoms with Crippen LogP contribution >= 0.6 is 0 Å². The summed E-state index contributed by atoms with van der Waals surface area (Å²) in [7, 11) is 5.89. The highest BCUT2D eigenvalue weighted by molar-refractivity contribution is 5.70. The molecule has 9 heteroatoms. The van der Waals surface area contributed by atoms with Gasteiger partial charge >= 0.3 is 11.9 Å². The Morgan fingerprint density at radius 1 is 0.443 bits per heavy atom. The average Bonchev–Trinajstić information content (AvgIpc) is 3.33. The van der Waals surface area contributed by atoms with Crippen molar-refractivity contribution in [2.45, 2.75) is 251 Å². The third-order valence-corrected chi connectivity index (χ3v) is 12.2. The van der Waals surface area contributed by atoms with Crippen molar-refractivity contribution < 1.29 is 42.9 Å². The first-order valence-electron chi connectivity index (χ1n) is 28.6. The maximum absolute atomic E-state index is 12.8. The van der Waals surface area contributed by atoms with E-state index in [2.05, 4.69) is 74.6 Å². The number of hydrogen-bond acceptors (Lipinski definition) is 8. The van der Waals surface area contributed by atoms with Gasteiger partial charge in [0.15, 0.2) is 12.4 Å². The molecular formula is C61H107NO8. The molecular weight excluding hydrogens is 875 g/mol. The van der Waals surface area contributed by atoms with Crippen LogP contribution in [0.2, 0.25) is 0 Å². The number of carboxylic acids is 1. The molecule has 0 aromatic carbocycles. The van der Waals surface area contributed by atoms with E-state index in [4.69, 9.17) is 18.9 Å². The van der Waals surface area contributed by atoms with Crippen molar-refractivity contribution in [2.75, 3.05) is 47.5 Å². The smallest absolute Gasteiger partial charge is 0.306 e. The molecule has 0 aromatic rings. The first kappa shape index (κ1) is 66.7. The van der Waals surface area contributed by atoms with Crippen LogP contribution in [0.25, 0.3) is 0 Å². The molecule has 0 saturated carbocycles. The molecule has 9 nitrogen and oxygen atoms in total. The van der Waals surface area contributed by atoms with E-state index in [0.717, 1.165) is 57.8 Å². The highest BCUT2D eigenvalue weighted by Crippen LogP contribution is 2.17. The van der Waals surface area contributed by atoms with E-state index in [1.165, 1.54) is 148 Å². The number of carbonyl (C=O) groups is 3. The summed E-state index contributed by atoms with van der Waals surface area (Å²) in [6.45, 7) is 4.57. The second kappa shape index (κ2) is 52.1. The maximum Gasteiger partial charge on any atom is 0.306 e. The summed E-state index contributed by atoms with van der Waals surface area (Å²) in [6, 6.07) is 0. The molecule has 0 amide bonds. The van der Waals surface area contributed by atoms with Gasteiger partial charge in [-0.2, -0.15) is 0 Å². The SMILES string of the molecule is CC/C=C\C/C=C\C/C=C\C/C=C\C/C=C\C/C=C\CCC(=O)OC(COC(=O)CCCCCCCCCCCCCCCCCCCCCCCCCCCC)COC(OCC[N+](C)(C)C)C(=O)[O-]. The predicted octanol–water partition coefficient (Wildman–Crippen LogP) is 15.3. The van der Waals surface area contributed by atoms with Crippen LogP contribution in [0.3, 0.4) is 0 Å². The van der Waals surface area contributed by atoms with Crippen LogP contribution in [0.4, 0.5) is 0 Å². The number of aliphatic carboxylic acids is 1. The van der Waals surface area contributed by atoms with Crippen molar-refractivity contribution in [3.8, 4) is 0 Å². The quantitative estimate of drug-likeness (QED) is 0.0195. The van der Waals surface area contributed by atoms with Crippen molar-refractivity contribution in [1.82, 2.24) is 0 Å². The molecule has 0 aliphatic heterocycles. The Kier molecular flexibility index (Phi) is 49.6. The normalized spacial score (nSPS) is 13.3. The lowest BCUT2D eigenvalue weighted by atomic mass is 10.0. The summed E-state index contributed by atoms with van der Waals surface area (Å²) in [5.41, 5.74) is 0. The second-order valence-electron chi connectivity index (χ2n) is 20.2. The number of likely N-dealkylation sites (N-methyl/N-ethyl adjacent to an activating group) is 1. The molecule has 0 saturated heterocycles. The predicted molar refractivity (Wildman–Crippen MR) is 292 cm³/mol. The van der Waals surface area contributed by atoms with E-state index in [9.17, 15) is 19.5 Å². The summed E-state index contributed by atoms with van der Waals surface area (Å²) in [4.78, 5) is 37.2. The standard InChI is InChI=1S/C61H107NO8/c1-6-8-10-12-14-16-18-20-22-24-26-27-28-29-30-31-32-34-35-37-39-41-43-45-47-49-51-58(63)68-55-57(56-69-61(60(65)66)67-54-53-62(3,4)5)70-59(64)52-50-48-46-44-42-40-38-36-33-25-23-21-19-17-15-13-11-9-7-2/h9,11,15,17,21,23,33,36,40,42,46,48,57,61H,6-8,10,12-14,16,18-20,22,24-32,34-35,37-39,41,43-45,47,49-56H2,1-5H3/b11-9-,17-15-,23-21-,36-33-,42-40-,48-46-. The number of esters is 2. The van der Waals surface area contributed by atoms with E-state index in [0.29, 0.717) is 17.4 Å². The minimum atomic E-state index is -1.64. The number of ether oxygens (including phenoxy) is 4. The summed E-state index contributed by atoms with van der Waals surface area (Å²) >= 11 is 0. The van der Waals surface area contributed by atoms with Gasteiger partial charge in [0, 0.05) is 12.8 Å². The third kappa shape index (κ3) is 52.6. The molecule has 0 rings (SSSR count). The molecule has 2 unspecified atom stereocenters. The van der Waals surface area contributed by atoms with Crippen molar-refractivity contribution in [2.24, 2.45) is 0 Å². The maximum atomic E-state index is 12.8. The summed E-state index contributed by atoms with van der Waals surface area (Å²) in [6.07, 6.45) is 64.1. The zero-order chi connectivity index (χ0) is 51.3. The van der Waals surface area contributed by atoms with Gasteiger partial charge in [-0.25, -0.2) is 0 Å². The first-order valence-corrected chi connectivity index (χ1v) is 28.6. The molecule has 404 valence electrons. The van der Waals surface area contributed by atoms with E-state index in [1.54, 1.807) is 0 Å². The Hall–Kier alpha value is -3.27. The lowest BCUT2D eigenvalue weighted by molar-refractivity contribution is -0.870. The van der Waals surface area contributed by atoms with Crippen LogP contribution in [0.1, 0.15) is 239 Å². The molecule has 0 aromatic heterocycles. The van der Waals surface area contributed by atoms with Crippen molar-refractivity contribution in [3.05, 3.63) is 72.9 Å². The number of rotatable bonds is 52. The zero-order valence-electron chi connectivity index (χ0n) is 45.9. The van der Waals surface area contributed by atoms with Crippen LogP contribution in [-0.2, 0) is 33.3 Å². The fourth-order valence-corrected chi connectivity index (χ4v) is 7.86. The highest BCUT2D eigenvalue weighted by atomic mass is 16.7. The number of nitrogens with zero attached hydrogens (tertiary/aromatic N) is 1. The molecule has 0 bridgehead atoms. The highest BCUT2D eigenvalue weighted by Gasteiger charge is 2.21. The second-order valence-corrected chi connectivity index (χ2v) is 20.2. The van der Waals surface area contributed by atoms with Crippen molar-refractivity contribution in [1.29, 1.82) is 0 Å². The van der Waals surface area contributed by atoms with Gasteiger partial charge < -0.3 is 33.3 Å². The summed E-state index contributed by atoms with van der Waals surface area (Å²) in [5, 5.41) is 11.8. The molecule has 2 atom stereocenters. The van der Waals surface area contributed by atoms with Crippen molar-refractivity contribution >= 4 is 17.9 Å². The fourth-order valence-electron chi connectivity index (χ4n) is 7.86. The van der Waals surface area contributed by atoms with E-state index >= 15 is 0 Å². The van der Waals surface area contributed by atoms with Crippen LogP contribution in [0.5, 0.6) is 0 Å². The Balaban J connectivity index is 4.29. The van der Waals surface area contributed by atoms with Crippen LogP contribution in [-0.4, -0.2) is 82.3 Å². The fraction of sp³-hybridized carbons (Fsp3) is 0.754. The minimum absolute atomic E-state index is 0.121. The molecule has 0 aliphatic carbocycles. The van der Waals surface area contributed by atoms with Gasteiger partial charge in [-0.05, 0) is 51.4 Å². The monoisotopic (exact) mass is 982 g/mol. The van der Waals surface area contributed by atoms with Crippen LogP contribution < -0.4 is 5.11 Å². The molecule has 0 fully saturated rings. The summed E-state index contributed by atoms with van der Waals surface area (Å²) < 4.78 is 22.6. The van der Waals surface area contributed by atoms with Gasteiger partial charge in [-0.15, -0.1) is 0 Å². The number of allylic oxidation sites excluding steroid dienone is 12. The summed E-state index contributed by atoms with van der Waals surface area (Å²) in [5.74, 6) is -2.39. The largest absolute Gasteiger partial charge is 0.545 e. The lowest BCUT2D eigenvalue weighted by Crippen LogP contribution is -2.44.